The molecule has 2 heterocycles. The Balaban J connectivity index is 1.11. The molecule has 44 heavy (non-hydrogen) atoms. The van der Waals surface area contributed by atoms with Crippen LogP contribution in [-0.2, 0) is 0 Å². The molecule has 0 saturated carbocycles. The molecule has 0 amide bonds. The Hall–Kier alpha value is -5.45. The van der Waals surface area contributed by atoms with Crippen LogP contribution in [0.1, 0.15) is 34.6 Å². The average Bonchev–Trinajstić information content (AvgIpc) is 3.11. The van der Waals surface area contributed by atoms with Crippen LogP contribution in [0.4, 0.5) is 5.69 Å². The van der Waals surface area contributed by atoms with E-state index in [0.717, 1.165) is 23.5 Å². The molecule has 0 saturated heterocycles. The summed E-state index contributed by atoms with van der Waals surface area (Å²) in [5.41, 5.74) is 10.7. The summed E-state index contributed by atoms with van der Waals surface area (Å²) < 4.78 is 0. The molecule has 0 aliphatic carbocycles. The first kappa shape index (κ1) is 26.2. The third-order valence-electron chi connectivity index (χ3n) is 8.55. The molecule has 2 aliphatic heterocycles. The van der Waals surface area contributed by atoms with Gasteiger partial charge in [-0.15, -0.1) is 0 Å². The SMILES string of the molecule is C1=Cc2cccc(-c3ccc4ccc(-c5ccc(C6=NC(c7ccccc7)NC(c7ccccc7)N6)cc5)cc4c3)c2NC1. The van der Waals surface area contributed by atoms with Crippen molar-refractivity contribution in [2.75, 3.05) is 11.9 Å². The number of para-hydroxylation sites is 1. The van der Waals surface area contributed by atoms with Crippen molar-refractivity contribution >= 4 is 28.4 Å². The molecule has 0 aromatic heterocycles. The maximum Gasteiger partial charge on any atom is 0.131 e. The zero-order valence-electron chi connectivity index (χ0n) is 24.2. The summed E-state index contributed by atoms with van der Waals surface area (Å²) in [5.74, 6) is 0.885. The van der Waals surface area contributed by atoms with Gasteiger partial charge in [0, 0.05) is 23.4 Å². The van der Waals surface area contributed by atoms with Gasteiger partial charge in [-0.05, 0) is 56.3 Å². The first-order valence-electron chi connectivity index (χ1n) is 15.2. The van der Waals surface area contributed by atoms with Gasteiger partial charge in [0.25, 0.3) is 0 Å². The number of benzene rings is 6. The monoisotopic (exact) mass is 568 g/mol. The number of rotatable bonds is 5. The van der Waals surface area contributed by atoms with Gasteiger partial charge in [-0.2, -0.15) is 0 Å². The minimum Gasteiger partial charge on any atom is -0.381 e. The lowest BCUT2D eigenvalue weighted by Crippen LogP contribution is -2.44. The van der Waals surface area contributed by atoms with Crippen molar-refractivity contribution in [1.82, 2.24) is 10.6 Å². The highest BCUT2D eigenvalue weighted by atomic mass is 15.3. The molecule has 0 fully saturated rings. The number of hydrogen-bond donors (Lipinski definition) is 3. The first-order chi connectivity index (χ1) is 21.8. The van der Waals surface area contributed by atoms with Gasteiger partial charge in [-0.1, -0.05) is 140 Å². The van der Waals surface area contributed by atoms with Gasteiger partial charge in [-0.3, -0.25) is 5.32 Å². The Kier molecular flexibility index (Phi) is 6.74. The lowest BCUT2D eigenvalue weighted by molar-refractivity contribution is 0.409. The molecular formula is C40H32N4. The van der Waals surface area contributed by atoms with E-state index >= 15 is 0 Å². The van der Waals surface area contributed by atoms with Crippen LogP contribution >= 0.6 is 0 Å². The highest BCUT2D eigenvalue weighted by Crippen LogP contribution is 2.36. The molecule has 4 nitrogen and oxygen atoms in total. The number of nitrogens with one attached hydrogen (secondary N) is 3. The number of nitrogens with zero attached hydrogens (tertiary/aromatic N) is 1. The Labute approximate surface area is 257 Å². The molecule has 6 aromatic carbocycles. The highest BCUT2D eigenvalue weighted by Gasteiger charge is 2.25. The molecule has 3 N–H and O–H groups in total. The van der Waals surface area contributed by atoms with Crippen molar-refractivity contribution in [3.63, 3.8) is 0 Å². The molecule has 2 aliphatic rings. The molecule has 2 atom stereocenters. The van der Waals surface area contributed by atoms with Gasteiger partial charge in [0.1, 0.15) is 18.2 Å². The zero-order valence-corrected chi connectivity index (χ0v) is 24.2. The maximum absolute atomic E-state index is 5.10. The molecule has 0 radical (unpaired) electrons. The molecule has 4 heteroatoms. The number of amidine groups is 1. The second-order valence-electron chi connectivity index (χ2n) is 11.4. The summed E-state index contributed by atoms with van der Waals surface area (Å²) in [4.78, 5) is 5.10. The largest absolute Gasteiger partial charge is 0.381 e. The minimum atomic E-state index is -0.145. The summed E-state index contributed by atoms with van der Waals surface area (Å²) in [6, 6.07) is 49.7. The predicted octanol–water partition coefficient (Wildman–Crippen LogP) is 8.95. The molecule has 0 spiro atoms. The van der Waals surface area contributed by atoms with Crippen LogP contribution in [0.15, 0.2) is 151 Å². The first-order valence-corrected chi connectivity index (χ1v) is 15.2. The minimum absolute atomic E-state index is 0.0512. The van der Waals surface area contributed by atoms with Gasteiger partial charge >= 0.3 is 0 Å². The van der Waals surface area contributed by atoms with Gasteiger partial charge < -0.3 is 10.6 Å². The van der Waals surface area contributed by atoms with E-state index in [-0.39, 0.29) is 12.3 Å². The van der Waals surface area contributed by atoms with Crippen LogP contribution in [-0.4, -0.2) is 12.4 Å². The van der Waals surface area contributed by atoms with E-state index in [1.165, 1.54) is 49.8 Å². The molecule has 8 rings (SSSR count). The summed E-state index contributed by atoms with van der Waals surface area (Å²) in [5, 5.41) is 13.3. The molecule has 212 valence electrons. The predicted molar refractivity (Wildman–Crippen MR) is 184 cm³/mol. The van der Waals surface area contributed by atoms with E-state index in [9.17, 15) is 0 Å². The van der Waals surface area contributed by atoms with Gasteiger partial charge in [0.05, 0.1) is 0 Å². The van der Waals surface area contributed by atoms with Crippen molar-refractivity contribution in [3.8, 4) is 22.3 Å². The van der Waals surface area contributed by atoms with Crippen molar-refractivity contribution in [2.24, 2.45) is 4.99 Å². The zero-order chi connectivity index (χ0) is 29.3. The fourth-order valence-corrected chi connectivity index (χ4v) is 6.24. The number of anilines is 1. The van der Waals surface area contributed by atoms with E-state index < -0.39 is 0 Å². The van der Waals surface area contributed by atoms with Crippen LogP contribution in [0.2, 0.25) is 0 Å². The van der Waals surface area contributed by atoms with Crippen LogP contribution in [0.5, 0.6) is 0 Å². The summed E-state index contributed by atoms with van der Waals surface area (Å²) in [7, 11) is 0. The topological polar surface area (TPSA) is 48.5 Å². The third kappa shape index (κ3) is 5.06. The fraction of sp³-hybridized carbons (Fsp3) is 0.0750. The van der Waals surface area contributed by atoms with Crippen molar-refractivity contribution in [1.29, 1.82) is 0 Å². The van der Waals surface area contributed by atoms with Crippen molar-refractivity contribution in [3.05, 3.63) is 168 Å². The molecule has 0 bridgehead atoms. The number of hydrogen-bond acceptors (Lipinski definition) is 4. The van der Waals surface area contributed by atoms with E-state index in [1.807, 2.05) is 12.1 Å². The Morgan fingerprint density at radius 2 is 1.25 bits per heavy atom. The van der Waals surface area contributed by atoms with Crippen molar-refractivity contribution < 1.29 is 0 Å². The molecule has 6 aromatic rings. The second kappa shape index (κ2) is 11.3. The number of fused-ring (bicyclic) bond motifs is 2. The lowest BCUT2D eigenvalue weighted by atomic mass is 9.94. The standard InChI is InChI=1S/C40H32N4/c1-3-9-30(10-4-1)38-42-39(31-11-5-2-6-12-31)44-40(43-38)32-20-16-27(17-21-32)33-22-18-28-19-23-34(26-35(28)25-33)36-15-7-13-29-14-8-24-41-37(29)36/h1-23,25-26,38-39,41-42H,24H2,(H,43,44). The smallest absolute Gasteiger partial charge is 0.131 e. The van der Waals surface area contributed by atoms with Crippen LogP contribution in [0.25, 0.3) is 39.1 Å². The third-order valence-corrected chi connectivity index (χ3v) is 8.55. The summed E-state index contributed by atoms with van der Waals surface area (Å²) in [6.45, 7) is 0.857. The van der Waals surface area contributed by atoms with Gasteiger partial charge in [0.2, 0.25) is 0 Å². The van der Waals surface area contributed by atoms with E-state index in [1.54, 1.807) is 0 Å². The number of aliphatic imine (C=N–C) groups is 1. The Morgan fingerprint density at radius 3 is 2.05 bits per heavy atom. The average molecular weight is 569 g/mol. The Morgan fingerprint density at radius 1 is 0.568 bits per heavy atom. The second-order valence-corrected chi connectivity index (χ2v) is 11.4. The van der Waals surface area contributed by atoms with E-state index in [2.05, 4.69) is 155 Å². The van der Waals surface area contributed by atoms with Crippen LogP contribution in [0, 0.1) is 0 Å². The van der Waals surface area contributed by atoms with Gasteiger partial charge in [-0.25, -0.2) is 4.99 Å². The fourth-order valence-electron chi connectivity index (χ4n) is 6.24. The highest BCUT2D eigenvalue weighted by molar-refractivity contribution is 6.00. The summed E-state index contributed by atoms with van der Waals surface area (Å²) in [6.07, 6.45) is 4.17. The molecule has 2 unspecified atom stereocenters. The van der Waals surface area contributed by atoms with E-state index in [4.69, 9.17) is 4.99 Å². The Bertz CT molecular complexity index is 2010. The van der Waals surface area contributed by atoms with Crippen molar-refractivity contribution in [2.45, 2.75) is 12.3 Å². The summed E-state index contributed by atoms with van der Waals surface area (Å²) >= 11 is 0. The lowest BCUT2D eigenvalue weighted by Gasteiger charge is -2.32. The molecular weight excluding hydrogens is 536 g/mol. The maximum atomic E-state index is 5.10. The van der Waals surface area contributed by atoms with E-state index in [0.29, 0.717) is 0 Å². The normalized spacial score (nSPS) is 17.3. The van der Waals surface area contributed by atoms with Crippen LogP contribution < -0.4 is 16.0 Å². The van der Waals surface area contributed by atoms with Gasteiger partial charge in [0.15, 0.2) is 0 Å². The van der Waals surface area contributed by atoms with Crippen LogP contribution in [0.3, 0.4) is 0 Å². The quantitative estimate of drug-likeness (QED) is 0.195.